The van der Waals surface area contributed by atoms with E-state index in [1.807, 2.05) is 74.6 Å². The van der Waals surface area contributed by atoms with Crippen LogP contribution in [0.4, 0.5) is 0 Å². The van der Waals surface area contributed by atoms with Crippen LogP contribution in [0.5, 0.6) is 0 Å². The van der Waals surface area contributed by atoms with Gasteiger partial charge in [-0.15, -0.1) is 0 Å². The smallest absolute Gasteiger partial charge is 0.245 e. The average molecular weight is 717 g/mol. The van der Waals surface area contributed by atoms with E-state index in [9.17, 15) is 29.1 Å². The number of aryl methyl sites for hydroxylation is 1. The van der Waals surface area contributed by atoms with Crippen molar-refractivity contribution in [3.8, 4) is 0 Å². The number of aliphatic hydroxyl groups is 1. The maximum Gasteiger partial charge on any atom is 0.245 e. The van der Waals surface area contributed by atoms with Crippen molar-refractivity contribution in [3.63, 3.8) is 0 Å². The summed E-state index contributed by atoms with van der Waals surface area (Å²) in [4.78, 5) is 74.6. The van der Waals surface area contributed by atoms with Gasteiger partial charge in [0.15, 0.2) is 0 Å². The Morgan fingerprint density at radius 2 is 1.69 bits per heavy atom. The zero-order valence-electron chi connectivity index (χ0n) is 30.5. The third-order valence-corrected chi connectivity index (χ3v) is 10.0. The van der Waals surface area contributed by atoms with Gasteiger partial charge in [0.1, 0.15) is 30.3 Å². The maximum absolute atomic E-state index is 13.8. The SMILES string of the molecule is CC(C)C[C@H]1NC(=O)CN(C(=O)CCCc2c[nH]c3ccccc23)C[C@H]2OCC[C@H](NC(=O)[C@H](Cc3ccccc3)NC(=O)[C@H](C)N(C)C1=O)[C@@H]2O. The molecule has 0 aliphatic carbocycles. The molecular formula is C39H52N6O7. The number of carbonyl (C=O) groups excluding carboxylic acids is 5. The number of rotatable bonds is 8. The molecule has 2 aliphatic heterocycles. The van der Waals surface area contributed by atoms with Gasteiger partial charge < -0.3 is 40.6 Å². The molecule has 2 bridgehead atoms. The van der Waals surface area contributed by atoms with E-state index in [4.69, 9.17) is 4.74 Å². The van der Waals surface area contributed by atoms with Crippen LogP contribution in [-0.4, -0.2) is 113 Å². The van der Waals surface area contributed by atoms with Crippen LogP contribution in [0.1, 0.15) is 57.6 Å². The second kappa shape index (κ2) is 17.6. The quantitative estimate of drug-likeness (QED) is 0.238. The number of benzene rings is 2. The first kappa shape index (κ1) is 38.5. The number of aromatic amines is 1. The zero-order chi connectivity index (χ0) is 37.4. The van der Waals surface area contributed by atoms with Gasteiger partial charge in [0.05, 0.1) is 19.1 Å². The Balaban J connectivity index is 1.40. The molecule has 1 aromatic heterocycles. The van der Waals surface area contributed by atoms with Crippen LogP contribution in [0.3, 0.4) is 0 Å². The first-order chi connectivity index (χ1) is 24.9. The van der Waals surface area contributed by atoms with Crippen LogP contribution in [0.15, 0.2) is 60.8 Å². The number of likely N-dealkylation sites (N-methyl/N-ethyl adjacent to an activating group) is 1. The van der Waals surface area contributed by atoms with Crippen molar-refractivity contribution in [1.29, 1.82) is 0 Å². The Morgan fingerprint density at radius 3 is 2.44 bits per heavy atom. The van der Waals surface area contributed by atoms with Crippen molar-refractivity contribution < 1.29 is 33.8 Å². The second-order valence-electron chi connectivity index (χ2n) is 14.4. The van der Waals surface area contributed by atoms with Gasteiger partial charge in [-0.2, -0.15) is 0 Å². The van der Waals surface area contributed by atoms with Gasteiger partial charge in [-0.25, -0.2) is 0 Å². The Morgan fingerprint density at radius 1 is 0.962 bits per heavy atom. The van der Waals surface area contributed by atoms with Gasteiger partial charge in [-0.3, -0.25) is 24.0 Å². The van der Waals surface area contributed by atoms with Crippen molar-refractivity contribution in [1.82, 2.24) is 30.7 Å². The van der Waals surface area contributed by atoms with Crippen molar-refractivity contribution in [2.75, 3.05) is 26.7 Å². The molecule has 3 aromatic rings. The molecule has 13 nitrogen and oxygen atoms in total. The lowest BCUT2D eigenvalue weighted by Gasteiger charge is -2.38. The Bertz CT molecular complexity index is 1710. The third kappa shape index (κ3) is 9.77. The summed E-state index contributed by atoms with van der Waals surface area (Å²) in [5.74, 6) is -2.33. The number of ether oxygens (including phenoxy) is 1. The second-order valence-corrected chi connectivity index (χ2v) is 14.4. The van der Waals surface area contributed by atoms with Gasteiger partial charge in [0, 0.05) is 43.6 Å². The van der Waals surface area contributed by atoms with Gasteiger partial charge in [-0.05, 0) is 55.7 Å². The highest BCUT2D eigenvalue weighted by atomic mass is 16.5. The number of nitrogens with one attached hydrogen (secondary N) is 4. The van der Waals surface area contributed by atoms with Gasteiger partial charge >= 0.3 is 0 Å². The number of amides is 5. The van der Waals surface area contributed by atoms with Crippen LogP contribution >= 0.6 is 0 Å². The lowest BCUT2D eigenvalue weighted by Crippen LogP contribution is -2.60. The predicted molar refractivity (Wildman–Crippen MR) is 196 cm³/mol. The topological polar surface area (TPSA) is 173 Å². The summed E-state index contributed by atoms with van der Waals surface area (Å²) in [6, 6.07) is 13.5. The van der Waals surface area contributed by atoms with Crippen molar-refractivity contribution >= 4 is 40.4 Å². The van der Waals surface area contributed by atoms with Crippen molar-refractivity contribution in [3.05, 3.63) is 71.9 Å². The number of hydrogen-bond acceptors (Lipinski definition) is 7. The van der Waals surface area contributed by atoms with Crippen LogP contribution < -0.4 is 16.0 Å². The number of aliphatic hydroxyl groups excluding tert-OH is 1. The maximum atomic E-state index is 13.8. The van der Waals surface area contributed by atoms with E-state index in [1.54, 1.807) is 6.92 Å². The van der Waals surface area contributed by atoms with Crippen molar-refractivity contribution in [2.45, 2.75) is 95.7 Å². The molecule has 3 heterocycles. The Labute approximate surface area is 304 Å². The van der Waals surface area contributed by atoms with E-state index in [1.165, 1.54) is 16.8 Å². The fourth-order valence-corrected chi connectivity index (χ4v) is 6.94. The molecule has 0 saturated carbocycles. The molecule has 5 N–H and O–H groups in total. The summed E-state index contributed by atoms with van der Waals surface area (Å²) >= 11 is 0. The number of para-hydroxylation sites is 1. The number of aromatic nitrogens is 1. The molecule has 2 aliphatic rings. The molecule has 52 heavy (non-hydrogen) atoms. The van der Waals surface area contributed by atoms with E-state index in [0.29, 0.717) is 25.7 Å². The lowest BCUT2D eigenvalue weighted by molar-refractivity contribution is -0.146. The van der Waals surface area contributed by atoms with Gasteiger partial charge in [-0.1, -0.05) is 62.4 Å². The standard InChI is InChI=1S/C39H52N6O7/c1-24(2)19-32-39(51)44(4)25(3)37(49)43-31(20-26-11-6-5-7-12-26)38(50)42-30-17-18-52-33(36(30)48)22-45(23-34(46)41-32)35(47)16-10-13-27-21-40-29-15-9-8-14-28(27)29/h5-9,11-12,14-15,21,24-25,30-33,36,40,48H,10,13,16-20,22-23H2,1-4H3,(H,41,46)(H,42,50)(H,43,49)/t25-,30-,31-,32+,33+,36-/m0/s1. The molecule has 0 radical (unpaired) electrons. The Hall–Kier alpha value is -4.75. The molecule has 5 rings (SSSR count). The average Bonchev–Trinajstić information content (AvgIpc) is 3.54. The van der Waals surface area contributed by atoms with Gasteiger partial charge in [0.25, 0.3) is 0 Å². The lowest BCUT2D eigenvalue weighted by atomic mass is 9.97. The number of fused-ring (bicyclic) bond motifs is 3. The molecule has 280 valence electrons. The highest BCUT2D eigenvalue weighted by molar-refractivity contribution is 5.95. The zero-order valence-corrected chi connectivity index (χ0v) is 30.5. The summed E-state index contributed by atoms with van der Waals surface area (Å²) in [6.45, 7) is 5.15. The minimum absolute atomic E-state index is 0.0183. The minimum atomic E-state index is -1.20. The molecule has 13 heteroatoms. The monoisotopic (exact) mass is 716 g/mol. The van der Waals surface area contributed by atoms with Crippen LogP contribution in [0, 0.1) is 5.92 Å². The molecule has 5 amide bonds. The summed E-state index contributed by atoms with van der Waals surface area (Å²) in [5.41, 5.74) is 2.91. The molecule has 0 spiro atoms. The fourth-order valence-electron chi connectivity index (χ4n) is 6.94. The first-order valence-electron chi connectivity index (χ1n) is 18.2. The van der Waals surface area contributed by atoms with Crippen LogP contribution in [0.25, 0.3) is 10.9 Å². The largest absolute Gasteiger partial charge is 0.388 e. The van der Waals surface area contributed by atoms with Crippen molar-refractivity contribution in [2.24, 2.45) is 5.92 Å². The third-order valence-electron chi connectivity index (χ3n) is 10.0. The van der Waals surface area contributed by atoms with E-state index in [-0.39, 0.29) is 44.4 Å². The highest BCUT2D eigenvalue weighted by Gasteiger charge is 2.39. The van der Waals surface area contributed by atoms with Crippen LogP contribution in [-0.2, 0) is 41.6 Å². The summed E-state index contributed by atoms with van der Waals surface area (Å²) in [5, 5.41) is 21.1. The van der Waals surface area contributed by atoms with Crippen LogP contribution in [0.2, 0.25) is 0 Å². The number of carbonyl (C=O) groups is 5. The summed E-state index contributed by atoms with van der Waals surface area (Å²) in [6.07, 6.45) is 1.91. The molecule has 6 atom stereocenters. The first-order valence-corrected chi connectivity index (χ1v) is 18.2. The number of hydrogen-bond donors (Lipinski definition) is 5. The fraction of sp³-hybridized carbons (Fsp3) is 0.513. The highest BCUT2D eigenvalue weighted by Crippen LogP contribution is 2.21. The molecule has 2 saturated heterocycles. The Kier molecular flexibility index (Phi) is 13.1. The molecule has 2 fully saturated rings. The predicted octanol–water partition coefficient (Wildman–Crippen LogP) is 2.07. The summed E-state index contributed by atoms with van der Waals surface area (Å²) in [7, 11) is 1.49. The van der Waals surface area contributed by atoms with E-state index in [0.717, 1.165) is 22.0 Å². The minimum Gasteiger partial charge on any atom is -0.388 e. The number of nitrogens with zero attached hydrogens (tertiary/aromatic N) is 2. The van der Waals surface area contributed by atoms with Gasteiger partial charge in [0.2, 0.25) is 29.5 Å². The number of H-pyrrole nitrogens is 1. The molecule has 2 aromatic carbocycles. The molecule has 0 unspecified atom stereocenters. The normalized spacial score (nSPS) is 25.4. The van der Waals surface area contributed by atoms with E-state index in [2.05, 4.69) is 20.9 Å². The van der Waals surface area contributed by atoms with E-state index < -0.39 is 60.0 Å². The van der Waals surface area contributed by atoms with E-state index >= 15 is 0 Å². The molecular weight excluding hydrogens is 664 g/mol. The summed E-state index contributed by atoms with van der Waals surface area (Å²) < 4.78 is 5.95.